The van der Waals surface area contributed by atoms with Crippen molar-refractivity contribution in [3.05, 3.63) is 102 Å². The second kappa shape index (κ2) is 9.18. The smallest absolute Gasteiger partial charge is 0.320 e. The van der Waals surface area contributed by atoms with E-state index in [9.17, 15) is 9.59 Å². The van der Waals surface area contributed by atoms with E-state index in [1.165, 1.54) is 0 Å². The number of hydrogen-bond donors (Lipinski definition) is 3. The molecular formula is C25H23N5O2. The molecule has 0 unspecified atom stereocenters. The van der Waals surface area contributed by atoms with Gasteiger partial charge in [-0.3, -0.25) is 4.79 Å². The average molecular weight is 425 g/mol. The number of anilines is 3. The average Bonchev–Trinajstić information content (AvgIpc) is 3.19. The Balaban J connectivity index is 1.47. The van der Waals surface area contributed by atoms with Crippen LogP contribution in [0.1, 0.15) is 21.7 Å². The molecule has 3 aromatic carbocycles. The molecule has 0 fully saturated rings. The molecule has 1 aromatic heterocycles. The van der Waals surface area contributed by atoms with E-state index in [2.05, 4.69) is 21.0 Å². The molecule has 0 saturated carbocycles. The second-order valence-corrected chi connectivity index (χ2v) is 7.35. The number of amides is 3. The highest BCUT2D eigenvalue weighted by Crippen LogP contribution is 2.22. The van der Waals surface area contributed by atoms with E-state index in [1.54, 1.807) is 35.0 Å². The van der Waals surface area contributed by atoms with E-state index in [1.807, 2.05) is 68.4 Å². The fourth-order valence-corrected chi connectivity index (χ4v) is 3.25. The summed E-state index contributed by atoms with van der Waals surface area (Å²) in [5, 5.41) is 12.9. The van der Waals surface area contributed by atoms with E-state index in [4.69, 9.17) is 0 Å². The van der Waals surface area contributed by atoms with Crippen molar-refractivity contribution in [2.45, 2.75) is 13.8 Å². The number of carbonyl (C=O) groups is 2. The third-order valence-corrected chi connectivity index (χ3v) is 4.90. The summed E-state index contributed by atoms with van der Waals surface area (Å²) >= 11 is 0. The number of aryl methyl sites for hydroxylation is 2. The summed E-state index contributed by atoms with van der Waals surface area (Å²) in [6.07, 6.45) is 0. The van der Waals surface area contributed by atoms with E-state index in [-0.39, 0.29) is 11.9 Å². The fraction of sp³-hybridized carbons (Fsp3) is 0.0800. The monoisotopic (exact) mass is 425 g/mol. The van der Waals surface area contributed by atoms with Crippen LogP contribution in [-0.4, -0.2) is 21.7 Å². The van der Waals surface area contributed by atoms with Crippen LogP contribution in [0.25, 0.3) is 5.69 Å². The third-order valence-electron chi connectivity index (χ3n) is 4.90. The number of aromatic nitrogens is 2. The van der Waals surface area contributed by atoms with Crippen molar-refractivity contribution < 1.29 is 9.59 Å². The summed E-state index contributed by atoms with van der Waals surface area (Å²) in [7, 11) is 0. The number of rotatable bonds is 5. The first-order valence-corrected chi connectivity index (χ1v) is 10.2. The third kappa shape index (κ3) is 4.84. The summed E-state index contributed by atoms with van der Waals surface area (Å²) in [6.45, 7) is 3.79. The molecule has 0 bridgehead atoms. The van der Waals surface area contributed by atoms with E-state index in [0.29, 0.717) is 22.8 Å². The largest absolute Gasteiger partial charge is 0.323 e. The van der Waals surface area contributed by atoms with Crippen LogP contribution < -0.4 is 16.0 Å². The molecule has 0 atom stereocenters. The lowest BCUT2D eigenvalue weighted by atomic mass is 10.1. The van der Waals surface area contributed by atoms with Crippen molar-refractivity contribution in [3.63, 3.8) is 0 Å². The van der Waals surface area contributed by atoms with Gasteiger partial charge in [-0.05, 0) is 61.9 Å². The highest BCUT2D eigenvalue weighted by molar-refractivity contribution is 6.04. The van der Waals surface area contributed by atoms with Gasteiger partial charge in [-0.25, -0.2) is 9.48 Å². The van der Waals surface area contributed by atoms with Crippen molar-refractivity contribution in [2.75, 3.05) is 16.0 Å². The van der Waals surface area contributed by atoms with Gasteiger partial charge in [-0.1, -0.05) is 42.5 Å². The molecule has 7 heteroatoms. The molecule has 3 amide bonds. The van der Waals surface area contributed by atoms with Crippen LogP contribution in [0.15, 0.2) is 84.9 Å². The lowest BCUT2D eigenvalue weighted by Crippen LogP contribution is -2.20. The molecule has 7 nitrogen and oxygen atoms in total. The minimum atomic E-state index is -0.366. The normalized spacial score (nSPS) is 10.4. The molecule has 4 rings (SSSR count). The molecule has 0 radical (unpaired) electrons. The van der Waals surface area contributed by atoms with Gasteiger partial charge in [0.05, 0.1) is 5.69 Å². The van der Waals surface area contributed by atoms with E-state index < -0.39 is 0 Å². The van der Waals surface area contributed by atoms with Gasteiger partial charge in [0.1, 0.15) is 0 Å². The molecule has 1 heterocycles. The molecule has 0 saturated heterocycles. The van der Waals surface area contributed by atoms with Crippen molar-refractivity contribution in [2.24, 2.45) is 0 Å². The van der Waals surface area contributed by atoms with Gasteiger partial charge in [0.15, 0.2) is 5.69 Å². The van der Waals surface area contributed by atoms with E-state index >= 15 is 0 Å². The zero-order chi connectivity index (χ0) is 22.5. The topological polar surface area (TPSA) is 88.0 Å². The lowest BCUT2D eigenvalue weighted by molar-refractivity contribution is 0.102. The molecule has 0 aliphatic carbocycles. The summed E-state index contributed by atoms with van der Waals surface area (Å²) in [6, 6.07) is 25.5. The second-order valence-electron chi connectivity index (χ2n) is 7.35. The predicted molar refractivity (Wildman–Crippen MR) is 127 cm³/mol. The summed E-state index contributed by atoms with van der Waals surface area (Å²) < 4.78 is 1.73. The number of hydrogen-bond acceptors (Lipinski definition) is 3. The molecule has 0 aliphatic rings. The Hall–Kier alpha value is -4.39. The standard InChI is InChI=1S/C25H23N5O2/c1-17-13-14-20(27-25(32)26-19-9-5-3-6-10-19)16-22(17)28-24(31)23-15-18(2)30(29-23)21-11-7-4-8-12-21/h3-16H,1-2H3,(H,28,31)(H2,26,27,32). The number of para-hydroxylation sites is 2. The minimum Gasteiger partial charge on any atom is -0.320 e. The molecule has 3 N–H and O–H groups in total. The minimum absolute atomic E-state index is 0.311. The SMILES string of the molecule is Cc1ccc(NC(=O)Nc2ccccc2)cc1NC(=O)c1cc(C)n(-c2ccccc2)n1. The quantitative estimate of drug-likeness (QED) is 0.401. The van der Waals surface area contributed by atoms with Crippen molar-refractivity contribution >= 4 is 29.0 Å². The Morgan fingerprint density at radius 3 is 2.12 bits per heavy atom. The lowest BCUT2D eigenvalue weighted by Gasteiger charge is -2.12. The first kappa shape index (κ1) is 20.9. The Morgan fingerprint density at radius 2 is 1.41 bits per heavy atom. The van der Waals surface area contributed by atoms with Gasteiger partial charge < -0.3 is 16.0 Å². The maximum absolute atomic E-state index is 12.9. The number of nitrogens with zero attached hydrogens (tertiary/aromatic N) is 2. The van der Waals surface area contributed by atoms with Gasteiger partial charge in [-0.15, -0.1) is 0 Å². The van der Waals surface area contributed by atoms with Crippen molar-refractivity contribution in [3.8, 4) is 5.69 Å². The van der Waals surface area contributed by atoms with Gasteiger partial charge >= 0.3 is 6.03 Å². The van der Waals surface area contributed by atoms with Gasteiger partial charge in [0.2, 0.25) is 0 Å². The Morgan fingerprint density at radius 1 is 0.750 bits per heavy atom. The zero-order valence-electron chi connectivity index (χ0n) is 17.8. The summed E-state index contributed by atoms with van der Waals surface area (Å²) in [5.41, 5.74) is 4.76. The molecule has 0 spiro atoms. The Bertz CT molecular complexity index is 1250. The number of urea groups is 1. The molecule has 4 aromatic rings. The first-order valence-electron chi connectivity index (χ1n) is 10.2. The predicted octanol–water partition coefficient (Wildman–Crippen LogP) is 5.39. The van der Waals surface area contributed by atoms with Crippen LogP contribution in [0.4, 0.5) is 21.9 Å². The van der Waals surface area contributed by atoms with Crippen molar-refractivity contribution in [1.29, 1.82) is 0 Å². The molecular weight excluding hydrogens is 402 g/mol. The highest BCUT2D eigenvalue weighted by atomic mass is 16.2. The highest BCUT2D eigenvalue weighted by Gasteiger charge is 2.15. The van der Waals surface area contributed by atoms with Crippen LogP contribution in [-0.2, 0) is 0 Å². The first-order chi connectivity index (χ1) is 15.5. The van der Waals surface area contributed by atoms with Crippen LogP contribution in [0.5, 0.6) is 0 Å². The fourth-order valence-electron chi connectivity index (χ4n) is 3.25. The number of nitrogens with one attached hydrogen (secondary N) is 3. The maximum atomic E-state index is 12.9. The van der Waals surface area contributed by atoms with Gasteiger partial charge in [0.25, 0.3) is 5.91 Å². The van der Waals surface area contributed by atoms with Crippen LogP contribution in [0, 0.1) is 13.8 Å². The molecule has 160 valence electrons. The molecule has 0 aliphatic heterocycles. The summed E-state index contributed by atoms with van der Waals surface area (Å²) in [5.74, 6) is -0.322. The number of carbonyl (C=O) groups excluding carboxylic acids is 2. The van der Waals surface area contributed by atoms with Crippen LogP contribution in [0.2, 0.25) is 0 Å². The van der Waals surface area contributed by atoms with Crippen molar-refractivity contribution in [1.82, 2.24) is 9.78 Å². The molecule has 32 heavy (non-hydrogen) atoms. The maximum Gasteiger partial charge on any atom is 0.323 e. The number of benzene rings is 3. The van der Waals surface area contributed by atoms with Gasteiger partial charge in [0, 0.05) is 22.8 Å². The van der Waals surface area contributed by atoms with Gasteiger partial charge in [-0.2, -0.15) is 5.10 Å². The Kier molecular flexibility index (Phi) is 5.98. The van der Waals surface area contributed by atoms with Crippen LogP contribution >= 0.6 is 0 Å². The summed E-state index contributed by atoms with van der Waals surface area (Å²) in [4.78, 5) is 25.1. The Labute approximate surface area is 186 Å². The van der Waals surface area contributed by atoms with E-state index in [0.717, 1.165) is 16.9 Å². The zero-order valence-corrected chi connectivity index (χ0v) is 17.8. The van der Waals surface area contributed by atoms with Crippen LogP contribution in [0.3, 0.4) is 0 Å².